The third-order valence-corrected chi connectivity index (χ3v) is 3.20. The Morgan fingerprint density at radius 3 is 2.40 bits per heavy atom. The van der Waals surface area contributed by atoms with Crippen LogP contribution in [0.2, 0.25) is 0 Å². The molecule has 20 heavy (non-hydrogen) atoms. The van der Waals surface area contributed by atoms with Gasteiger partial charge in [0.25, 0.3) is 0 Å². The van der Waals surface area contributed by atoms with Gasteiger partial charge in [-0.25, -0.2) is 0 Å². The van der Waals surface area contributed by atoms with Crippen molar-refractivity contribution in [3.63, 3.8) is 0 Å². The molecule has 0 N–H and O–H groups in total. The first-order valence-corrected chi connectivity index (χ1v) is 6.96. The largest absolute Gasteiger partial charge is 0.372 e. The fourth-order valence-electron chi connectivity index (χ4n) is 2.06. The van der Waals surface area contributed by atoms with E-state index in [0.29, 0.717) is 0 Å². The predicted octanol–water partition coefficient (Wildman–Crippen LogP) is 2.94. The Hall–Kier alpha value is -1.71. The van der Waals surface area contributed by atoms with Crippen molar-refractivity contribution < 1.29 is 4.74 Å². The monoisotopic (exact) mass is 270 g/mol. The zero-order valence-corrected chi connectivity index (χ0v) is 12.2. The molecule has 0 aliphatic carbocycles. The minimum absolute atomic E-state index is 0.0837. The summed E-state index contributed by atoms with van der Waals surface area (Å²) in [6.45, 7) is 1.66. The molecular formula is C17H22N2O. The van der Waals surface area contributed by atoms with Gasteiger partial charge in [-0.2, -0.15) is 0 Å². The average molecular weight is 270 g/mol. The molecule has 1 unspecified atom stereocenters. The van der Waals surface area contributed by atoms with Crippen molar-refractivity contribution in [1.29, 1.82) is 0 Å². The van der Waals surface area contributed by atoms with Crippen LogP contribution in [0.1, 0.15) is 17.2 Å². The first-order valence-electron chi connectivity index (χ1n) is 6.96. The van der Waals surface area contributed by atoms with Gasteiger partial charge in [0.05, 0.1) is 12.7 Å². The topological polar surface area (TPSA) is 25.4 Å². The van der Waals surface area contributed by atoms with Crippen LogP contribution in [0.3, 0.4) is 0 Å². The van der Waals surface area contributed by atoms with Crippen LogP contribution < -0.4 is 0 Å². The first-order chi connectivity index (χ1) is 9.75. The van der Waals surface area contributed by atoms with Crippen molar-refractivity contribution >= 4 is 0 Å². The number of benzene rings is 1. The predicted molar refractivity (Wildman–Crippen MR) is 81.6 cm³/mol. The molecule has 1 aromatic carbocycles. The van der Waals surface area contributed by atoms with Crippen LogP contribution in [0.5, 0.6) is 0 Å². The molecule has 0 spiro atoms. The standard InChI is InChI=1S/C17H22N2O/c1-19(2)12-13-20-17(16-8-10-18-11-9-16)14-15-6-4-3-5-7-15/h3-11,17H,12-14H2,1-2H3. The highest BCUT2D eigenvalue weighted by atomic mass is 16.5. The van der Waals surface area contributed by atoms with E-state index in [9.17, 15) is 0 Å². The molecule has 0 fully saturated rings. The fraction of sp³-hybridized carbons (Fsp3) is 0.353. The zero-order valence-electron chi connectivity index (χ0n) is 12.2. The van der Waals surface area contributed by atoms with Gasteiger partial charge in [0.15, 0.2) is 0 Å². The Labute approximate surface area is 121 Å². The second-order valence-electron chi connectivity index (χ2n) is 5.13. The van der Waals surface area contributed by atoms with Crippen molar-refractivity contribution in [2.45, 2.75) is 12.5 Å². The van der Waals surface area contributed by atoms with E-state index in [4.69, 9.17) is 4.74 Å². The van der Waals surface area contributed by atoms with Gasteiger partial charge in [0.2, 0.25) is 0 Å². The van der Waals surface area contributed by atoms with Crippen LogP contribution in [0.25, 0.3) is 0 Å². The molecule has 0 radical (unpaired) electrons. The second-order valence-corrected chi connectivity index (χ2v) is 5.13. The molecule has 3 heteroatoms. The Morgan fingerprint density at radius 1 is 1.05 bits per heavy atom. The smallest absolute Gasteiger partial charge is 0.0866 e. The summed E-state index contributed by atoms with van der Waals surface area (Å²) >= 11 is 0. The van der Waals surface area contributed by atoms with E-state index in [0.717, 1.165) is 19.6 Å². The van der Waals surface area contributed by atoms with Crippen molar-refractivity contribution in [1.82, 2.24) is 9.88 Å². The molecule has 106 valence electrons. The van der Waals surface area contributed by atoms with Crippen LogP contribution in [0, 0.1) is 0 Å². The molecule has 1 atom stereocenters. The van der Waals surface area contributed by atoms with E-state index in [1.807, 2.05) is 30.6 Å². The van der Waals surface area contributed by atoms with Gasteiger partial charge in [-0.15, -0.1) is 0 Å². The molecular weight excluding hydrogens is 248 g/mol. The second kappa shape index (κ2) is 7.78. The summed E-state index contributed by atoms with van der Waals surface area (Å²) in [6, 6.07) is 14.5. The molecule has 0 aliphatic heterocycles. The van der Waals surface area contributed by atoms with Gasteiger partial charge < -0.3 is 9.64 Å². The zero-order chi connectivity index (χ0) is 14.2. The fourth-order valence-corrected chi connectivity index (χ4v) is 2.06. The number of rotatable bonds is 7. The van der Waals surface area contributed by atoms with Gasteiger partial charge >= 0.3 is 0 Å². The van der Waals surface area contributed by atoms with Gasteiger partial charge in [-0.05, 0) is 37.4 Å². The van der Waals surface area contributed by atoms with Crippen LogP contribution in [-0.4, -0.2) is 37.1 Å². The Balaban J connectivity index is 2.04. The van der Waals surface area contributed by atoms with E-state index < -0.39 is 0 Å². The highest BCUT2D eigenvalue weighted by Gasteiger charge is 2.12. The number of aromatic nitrogens is 1. The molecule has 2 aromatic rings. The van der Waals surface area contributed by atoms with Crippen LogP contribution in [-0.2, 0) is 11.2 Å². The van der Waals surface area contributed by atoms with E-state index >= 15 is 0 Å². The lowest BCUT2D eigenvalue weighted by atomic mass is 10.0. The van der Waals surface area contributed by atoms with Crippen LogP contribution in [0.4, 0.5) is 0 Å². The Bertz CT molecular complexity index is 485. The van der Waals surface area contributed by atoms with Crippen LogP contribution in [0.15, 0.2) is 54.9 Å². The minimum Gasteiger partial charge on any atom is -0.372 e. The molecule has 3 nitrogen and oxygen atoms in total. The lowest BCUT2D eigenvalue weighted by Gasteiger charge is -2.20. The van der Waals surface area contributed by atoms with Crippen molar-refractivity contribution in [2.24, 2.45) is 0 Å². The van der Waals surface area contributed by atoms with E-state index in [-0.39, 0.29) is 6.10 Å². The van der Waals surface area contributed by atoms with Gasteiger partial charge in [0, 0.05) is 25.4 Å². The number of ether oxygens (including phenoxy) is 1. The van der Waals surface area contributed by atoms with Crippen molar-refractivity contribution in [2.75, 3.05) is 27.2 Å². The molecule has 0 aliphatic rings. The van der Waals surface area contributed by atoms with Gasteiger partial charge in [0.1, 0.15) is 0 Å². The average Bonchev–Trinajstić information content (AvgIpc) is 2.48. The summed E-state index contributed by atoms with van der Waals surface area (Å²) in [5.41, 5.74) is 2.47. The number of hydrogen-bond donors (Lipinski definition) is 0. The van der Waals surface area contributed by atoms with E-state index in [1.165, 1.54) is 11.1 Å². The lowest BCUT2D eigenvalue weighted by molar-refractivity contribution is 0.0436. The molecule has 0 saturated carbocycles. The normalized spacial score (nSPS) is 12.6. The maximum atomic E-state index is 6.07. The molecule has 1 heterocycles. The summed E-state index contributed by atoms with van der Waals surface area (Å²) in [5.74, 6) is 0. The number of nitrogens with zero attached hydrogens (tertiary/aromatic N) is 2. The summed E-state index contributed by atoms with van der Waals surface area (Å²) in [4.78, 5) is 6.21. The summed E-state index contributed by atoms with van der Waals surface area (Å²) < 4.78 is 6.07. The van der Waals surface area contributed by atoms with E-state index in [2.05, 4.69) is 48.2 Å². The van der Waals surface area contributed by atoms with Gasteiger partial charge in [-0.1, -0.05) is 30.3 Å². The maximum absolute atomic E-state index is 6.07. The summed E-state index contributed by atoms with van der Waals surface area (Å²) in [5, 5.41) is 0. The third-order valence-electron chi connectivity index (χ3n) is 3.20. The third kappa shape index (κ3) is 4.76. The maximum Gasteiger partial charge on any atom is 0.0866 e. The first kappa shape index (κ1) is 14.7. The summed E-state index contributed by atoms with van der Waals surface area (Å²) in [7, 11) is 4.12. The summed E-state index contributed by atoms with van der Waals surface area (Å²) in [6.07, 6.45) is 4.61. The number of likely N-dealkylation sites (N-methyl/N-ethyl adjacent to an activating group) is 1. The molecule has 2 rings (SSSR count). The quantitative estimate of drug-likeness (QED) is 0.773. The molecule has 0 saturated heterocycles. The minimum atomic E-state index is 0.0837. The lowest BCUT2D eigenvalue weighted by Crippen LogP contribution is -2.20. The Morgan fingerprint density at radius 2 is 1.75 bits per heavy atom. The SMILES string of the molecule is CN(C)CCOC(Cc1ccccc1)c1ccncc1. The van der Waals surface area contributed by atoms with Crippen molar-refractivity contribution in [3.05, 3.63) is 66.0 Å². The molecule has 1 aromatic heterocycles. The number of hydrogen-bond acceptors (Lipinski definition) is 3. The van der Waals surface area contributed by atoms with Gasteiger partial charge in [-0.3, -0.25) is 4.98 Å². The van der Waals surface area contributed by atoms with Crippen LogP contribution >= 0.6 is 0 Å². The van der Waals surface area contributed by atoms with Crippen molar-refractivity contribution in [3.8, 4) is 0 Å². The highest BCUT2D eigenvalue weighted by Crippen LogP contribution is 2.21. The Kier molecular flexibility index (Phi) is 5.71. The number of pyridine rings is 1. The highest BCUT2D eigenvalue weighted by molar-refractivity contribution is 5.20. The molecule has 0 bridgehead atoms. The van der Waals surface area contributed by atoms with E-state index in [1.54, 1.807) is 0 Å². The molecule has 0 amide bonds.